The van der Waals surface area contributed by atoms with E-state index in [4.69, 9.17) is 5.73 Å². The Labute approximate surface area is 80.9 Å². The van der Waals surface area contributed by atoms with Crippen molar-refractivity contribution < 1.29 is 13.9 Å². The van der Waals surface area contributed by atoms with E-state index in [9.17, 15) is 9.18 Å². The lowest BCUT2D eigenvalue weighted by Crippen LogP contribution is -2.24. The van der Waals surface area contributed by atoms with Crippen LogP contribution in [0.25, 0.3) is 0 Å². The number of ether oxygens (including phenoxy) is 1. The fourth-order valence-electron chi connectivity index (χ4n) is 0.950. The van der Waals surface area contributed by atoms with Gasteiger partial charge in [0.2, 0.25) is 5.95 Å². The zero-order valence-electron chi connectivity index (χ0n) is 7.74. The van der Waals surface area contributed by atoms with Crippen LogP contribution < -0.4 is 5.73 Å². The van der Waals surface area contributed by atoms with Gasteiger partial charge < -0.3 is 10.5 Å². The Hall–Kier alpha value is -1.49. The monoisotopic (exact) mass is 198 g/mol. The molecule has 1 aromatic heterocycles. The minimum atomic E-state index is -1.02. The third kappa shape index (κ3) is 2.50. The van der Waals surface area contributed by atoms with Crippen LogP contribution in [0.1, 0.15) is 18.7 Å². The highest BCUT2D eigenvalue weighted by Gasteiger charge is 2.18. The van der Waals surface area contributed by atoms with E-state index in [1.807, 2.05) is 0 Å². The maximum absolute atomic E-state index is 12.7. The smallest absolute Gasteiger partial charge is 0.329 e. The summed E-state index contributed by atoms with van der Waals surface area (Å²) in [5.74, 6) is -1.27. The molecule has 5 heteroatoms. The Morgan fingerprint density at radius 1 is 1.71 bits per heavy atom. The first-order valence-electron chi connectivity index (χ1n) is 4.19. The van der Waals surface area contributed by atoms with Crippen LogP contribution in [0.15, 0.2) is 18.2 Å². The van der Waals surface area contributed by atoms with E-state index in [1.54, 1.807) is 6.92 Å². The van der Waals surface area contributed by atoms with E-state index in [0.29, 0.717) is 0 Å². The Morgan fingerprint density at radius 3 is 3.00 bits per heavy atom. The number of carbonyl (C=O) groups is 1. The van der Waals surface area contributed by atoms with Gasteiger partial charge in [0, 0.05) is 0 Å². The lowest BCUT2D eigenvalue weighted by molar-refractivity contribution is -0.144. The van der Waals surface area contributed by atoms with Crippen molar-refractivity contribution >= 4 is 5.97 Å². The Balaban J connectivity index is 2.78. The van der Waals surface area contributed by atoms with Gasteiger partial charge in [-0.25, -0.2) is 9.78 Å². The molecule has 1 unspecified atom stereocenters. The van der Waals surface area contributed by atoms with Crippen molar-refractivity contribution in [1.82, 2.24) is 4.98 Å². The topological polar surface area (TPSA) is 65.2 Å². The van der Waals surface area contributed by atoms with Crippen molar-refractivity contribution in [3.05, 3.63) is 29.8 Å². The largest absolute Gasteiger partial charge is 0.465 e. The molecule has 76 valence electrons. The summed E-state index contributed by atoms with van der Waals surface area (Å²) in [6.45, 7) is 1.91. The molecule has 0 spiro atoms. The van der Waals surface area contributed by atoms with Crippen LogP contribution in [0.5, 0.6) is 0 Å². The van der Waals surface area contributed by atoms with Crippen LogP contribution in [0.2, 0.25) is 0 Å². The zero-order chi connectivity index (χ0) is 10.6. The van der Waals surface area contributed by atoms with Gasteiger partial charge in [0.1, 0.15) is 6.04 Å². The van der Waals surface area contributed by atoms with Gasteiger partial charge in [-0.05, 0) is 19.1 Å². The van der Waals surface area contributed by atoms with Gasteiger partial charge in [-0.15, -0.1) is 0 Å². The predicted octanol–water partition coefficient (Wildman–Crippen LogP) is 0.784. The maximum Gasteiger partial charge on any atom is 0.329 e. The molecule has 4 nitrogen and oxygen atoms in total. The number of nitrogens with zero attached hydrogens (tertiary/aromatic N) is 1. The van der Waals surface area contributed by atoms with E-state index in [1.165, 1.54) is 18.2 Å². The quantitative estimate of drug-likeness (QED) is 0.576. The second-order valence-corrected chi connectivity index (χ2v) is 2.61. The van der Waals surface area contributed by atoms with E-state index in [0.717, 1.165) is 0 Å². The molecule has 2 N–H and O–H groups in total. The van der Waals surface area contributed by atoms with Crippen molar-refractivity contribution in [2.45, 2.75) is 13.0 Å². The summed E-state index contributed by atoms with van der Waals surface area (Å²) in [4.78, 5) is 14.6. The molecule has 0 aliphatic heterocycles. The summed E-state index contributed by atoms with van der Waals surface area (Å²) in [6, 6.07) is 3.08. The number of pyridine rings is 1. The first-order valence-corrected chi connectivity index (χ1v) is 4.19. The van der Waals surface area contributed by atoms with Crippen LogP contribution in [-0.2, 0) is 9.53 Å². The summed E-state index contributed by atoms with van der Waals surface area (Å²) < 4.78 is 17.3. The number of hydrogen-bond donors (Lipinski definition) is 1. The molecule has 0 aliphatic rings. The molecule has 0 aromatic carbocycles. The van der Waals surface area contributed by atoms with Gasteiger partial charge in [0.25, 0.3) is 0 Å². The average Bonchev–Trinajstić information content (AvgIpc) is 2.17. The second-order valence-electron chi connectivity index (χ2n) is 2.61. The third-order valence-corrected chi connectivity index (χ3v) is 1.60. The fraction of sp³-hybridized carbons (Fsp3) is 0.333. The molecule has 14 heavy (non-hydrogen) atoms. The number of rotatable bonds is 3. The number of nitrogens with two attached hydrogens (primary N) is 1. The van der Waals surface area contributed by atoms with Gasteiger partial charge in [-0.3, -0.25) is 0 Å². The molecule has 0 radical (unpaired) electrons. The van der Waals surface area contributed by atoms with E-state index >= 15 is 0 Å². The van der Waals surface area contributed by atoms with Crippen LogP contribution in [-0.4, -0.2) is 17.6 Å². The number of hydrogen-bond acceptors (Lipinski definition) is 4. The summed E-state index contributed by atoms with van der Waals surface area (Å²) in [7, 11) is 0. The highest BCUT2D eigenvalue weighted by atomic mass is 19.1. The first-order chi connectivity index (χ1) is 6.65. The zero-order valence-corrected chi connectivity index (χ0v) is 7.74. The Morgan fingerprint density at radius 2 is 2.43 bits per heavy atom. The first kappa shape index (κ1) is 10.6. The van der Waals surface area contributed by atoms with Crippen molar-refractivity contribution in [3.63, 3.8) is 0 Å². The van der Waals surface area contributed by atoms with Crippen LogP contribution >= 0.6 is 0 Å². The SMILES string of the molecule is CCOC(=O)C(N)c1cccc(F)n1. The molecule has 0 bridgehead atoms. The fourth-order valence-corrected chi connectivity index (χ4v) is 0.950. The summed E-state index contributed by atoms with van der Waals surface area (Å²) in [5, 5.41) is 0. The third-order valence-electron chi connectivity index (χ3n) is 1.60. The standard InChI is InChI=1S/C9H11FN2O2/c1-2-14-9(13)8(11)6-4-3-5-7(10)12-6/h3-5,8H,2,11H2,1H3. The Bertz CT molecular complexity index is 330. The maximum atomic E-state index is 12.7. The molecule has 0 fully saturated rings. The molecule has 1 rings (SSSR count). The van der Waals surface area contributed by atoms with Gasteiger partial charge in [-0.1, -0.05) is 6.07 Å². The van der Waals surface area contributed by atoms with Gasteiger partial charge >= 0.3 is 5.97 Å². The highest BCUT2D eigenvalue weighted by Crippen LogP contribution is 2.09. The van der Waals surface area contributed by atoms with Crippen molar-refractivity contribution in [2.24, 2.45) is 5.73 Å². The van der Waals surface area contributed by atoms with E-state index in [2.05, 4.69) is 9.72 Å². The van der Waals surface area contributed by atoms with Crippen molar-refractivity contribution in [3.8, 4) is 0 Å². The normalized spacial score (nSPS) is 12.2. The van der Waals surface area contributed by atoms with Gasteiger partial charge in [0.15, 0.2) is 0 Å². The average molecular weight is 198 g/mol. The van der Waals surface area contributed by atoms with Crippen LogP contribution in [0, 0.1) is 5.95 Å². The van der Waals surface area contributed by atoms with Crippen molar-refractivity contribution in [1.29, 1.82) is 0 Å². The predicted molar refractivity (Wildman–Crippen MR) is 47.8 cm³/mol. The molecule has 1 aromatic rings. The number of aromatic nitrogens is 1. The van der Waals surface area contributed by atoms with Crippen LogP contribution in [0.4, 0.5) is 4.39 Å². The molecule has 1 atom stereocenters. The minimum absolute atomic E-state index is 0.170. The molecule has 1 heterocycles. The van der Waals surface area contributed by atoms with E-state index in [-0.39, 0.29) is 12.3 Å². The minimum Gasteiger partial charge on any atom is -0.465 e. The van der Waals surface area contributed by atoms with Crippen LogP contribution in [0.3, 0.4) is 0 Å². The summed E-state index contributed by atoms with van der Waals surface area (Å²) in [5.41, 5.74) is 5.66. The lowest BCUT2D eigenvalue weighted by Gasteiger charge is -2.09. The number of carbonyl (C=O) groups excluding carboxylic acids is 1. The molecule has 0 aliphatic carbocycles. The second kappa shape index (κ2) is 4.66. The highest BCUT2D eigenvalue weighted by molar-refractivity contribution is 5.76. The van der Waals surface area contributed by atoms with Gasteiger partial charge in [0.05, 0.1) is 12.3 Å². The van der Waals surface area contributed by atoms with Crippen molar-refractivity contribution in [2.75, 3.05) is 6.61 Å². The molecule has 0 amide bonds. The summed E-state index contributed by atoms with van der Waals surface area (Å²) >= 11 is 0. The summed E-state index contributed by atoms with van der Waals surface area (Å²) in [6.07, 6.45) is 0. The Kier molecular flexibility index (Phi) is 3.53. The lowest BCUT2D eigenvalue weighted by atomic mass is 10.2. The number of esters is 1. The molecular formula is C9H11FN2O2. The molecular weight excluding hydrogens is 187 g/mol. The molecule has 0 saturated heterocycles. The van der Waals surface area contributed by atoms with E-state index < -0.39 is 18.0 Å². The van der Waals surface area contributed by atoms with Gasteiger partial charge in [-0.2, -0.15) is 4.39 Å². The number of halogens is 1. The molecule has 0 saturated carbocycles.